The van der Waals surface area contributed by atoms with E-state index < -0.39 is 5.97 Å². The van der Waals surface area contributed by atoms with E-state index in [1.165, 1.54) is 25.7 Å². The van der Waals surface area contributed by atoms with Crippen molar-refractivity contribution in [3.63, 3.8) is 0 Å². The van der Waals surface area contributed by atoms with E-state index in [1.54, 1.807) is 6.92 Å². The Kier molecular flexibility index (Phi) is 4.58. The first-order valence-electron chi connectivity index (χ1n) is 5.95. The number of hydrogen-bond donors (Lipinski definition) is 1. The molecule has 1 aliphatic rings. The monoisotopic (exact) mass is 213 g/mol. The molecule has 3 heteroatoms. The summed E-state index contributed by atoms with van der Waals surface area (Å²) in [5.74, 6) is -0.185. The molecule has 0 amide bonds. The second-order valence-corrected chi connectivity index (χ2v) is 4.96. The van der Waals surface area contributed by atoms with Crippen LogP contribution in [0.25, 0.3) is 0 Å². The van der Waals surface area contributed by atoms with E-state index in [-0.39, 0.29) is 5.92 Å². The van der Waals surface area contributed by atoms with Crippen LogP contribution in [0.2, 0.25) is 0 Å². The molecule has 0 aliphatic heterocycles. The fourth-order valence-electron chi connectivity index (χ4n) is 2.48. The topological polar surface area (TPSA) is 40.5 Å². The van der Waals surface area contributed by atoms with Crippen molar-refractivity contribution in [2.75, 3.05) is 13.6 Å². The lowest BCUT2D eigenvalue weighted by atomic mass is 9.98. The van der Waals surface area contributed by atoms with Gasteiger partial charge in [0.15, 0.2) is 0 Å². The molecule has 2 unspecified atom stereocenters. The van der Waals surface area contributed by atoms with Gasteiger partial charge in [0.1, 0.15) is 0 Å². The standard InChI is InChI=1S/C12H23NO2/c1-9(12(14)15)8-13(3)10(2)11-6-4-5-7-11/h9-11H,4-8H2,1-3H3,(H,14,15). The Morgan fingerprint density at radius 2 is 1.93 bits per heavy atom. The van der Waals surface area contributed by atoms with Gasteiger partial charge in [0.05, 0.1) is 5.92 Å². The molecule has 0 heterocycles. The normalized spacial score (nSPS) is 21.9. The van der Waals surface area contributed by atoms with Gasteiger partial charge in [-0.2, -0.15) is 0 Å². The van der Waals surface area contributed by atoms with Crippen molar-refractivity contribution in [1.82, 2.24) is 4.90 Å². The van der Waals surface area contributed by atoms with Gasteiger partial charge in [-0.1, -0.05) is 19.8 Å². The average Bonchev–Trinajstić information content (AvgIpc) is 2.68. The Bertz CT molecular complexity index is 212. The van der Waals surface area contributed by atoms with Gasteiger partial charge in [0.25, 0.3) is 0 Å². The summed E-state index contributed by atoms with van der Waals surface area (Å²) in [5, 5.41) is 8.85. The number of nitrogens with zero attached hydrogens (tertiary/aromatic N) is 1. The lowest BCUT2D eigenvalue weighted by molar-refractivity contribution is -0.141. The number of carboxylic acids is 1. The molecule has 3 nitrogen and oxygen atoms in total. The highest BCUT2D eigenvalue weighted by Crippen LogP contribution is 2.29. The molecule has 1 saturated carbocycles. The summed E-state index contributed by atoms with van der Waals surface area (Å²) in [5.41, 5.74) is 0. The second-order valence-electron chi connectivity index (χ2n) is 4.96. The van der Waals surface area contributed by atoms with Crippen LogP contribution in [0.15, 0.2) is 0 Å². The predicted molar refractivity (Wildman–Crippen MR) is 60.8 cm³/mol. The van der Waals surface area contributed by atoms with Gasteiger partial charge in [-0.3, -0.25) is 4.79 Å². The zero-order valence-corrected chi connectivity index (χ0v) is 10.1. The van der Waals surface area contributed by atoms with Crippen LogP contribution in [0, 0.1) is 11.8 Å². The fraction of sp³-hybridized carbons (Fsp3) is 0.917. The highest BCUT2D eigenvalue weighted by molar-refractivity contribution is 5.69. The first kappa shape index (κ1) is 12.5. The Hall–Kier alpha value is -0.570. The van der Waals surface area contributed by atoms with Gasteiger partial charge < -0.3 is 10.0 Å². The molecule has 1 N–H and O–H groups in total. The molecule has 0 bridgehead atoms. The van der Waals surface area contributed by atoms with Crippen LogP contribution in [0.1, 0.15) is 39.5 Å². The van der Waals surface area contributed by atoms with Crippen LogP contribution >= 0.6 is 0 Å². The molecular weight excluding hydrogens is 190 g/mol. The number of carbonyl (C=O) groups is 1. The Balaban J connectivity index is 2.38. The van der Waals surface area contributed by atoms with E-state index in [1.807, 2.05) is 7.05 Å². The molecule has 0 aromatic rings. The maximum Gasteiger partial charge on any atom is 0.307 e. The van der Waals surface area contributed by atoms with Crippen molar-refractivity contribution in [2.45, 2.75) is 45.6 Å². The Labute approximate surface area is 92.5 Å². The van der Waals surface area contributed by atoms with Crippen molar-refractivity contribution >= 4 is 5.97 Å². The largest absolute Gasteiger partial charge is 0.481 e. The van der Waals surface area contributed by atoms with E-state index in [4.69, 9.17) is 5.11 Å². The highest BCUT2D eigenvalue weighted by atomic mass is 16.4. The maximum atomic E-state index is 10.8. The molecule has 0 saturated heterocycles. The summed E-state index contributed by atoms with van der Waals surface area (Å²) in [6, 6.07) is 0.522. The lowest BCUT2D eigenvalue weighted by Gasteiger charge is -2.30. The number of carboxylic acid groups (broad SMARTS) is 1. The first-order valence-corrected chi connectivity index (χ1v) is 5.95. The minimum Gasteiger partial charge on any atom is -0.481 e. The van der Waals surface area contributed by atoms with Crippen molar-refractivity contribution in [3.05, 3.63) is 0 Å². The Morgan fingerprint density at radius 1 is 1.40 bits per heavy atom. The smallest absolute Gasteiger partial charge is 0.307 e. The van der Waals surface area contributed by atoms with Crippen LogP contribution in [-0.2, 0) is 4.79 Å². The SMILES string of the molecule is CC(CN(C)C(C)C1CCCC1)C(=O)O. The third kappa shape index (κ3) is 3.49. The Morgan fingerprint density at radius 3 is 2.40 bits per heavy atom. The molecule has 0 radical (unpaired) electrons. The second kappa shape index (κ2) is 5.50. The van der Waals surface area contributed by atoms with Crippen LogP contribution < -0.4 is 0 Å². The van der Waals surface area contributed by atoms with Crippen LogP contribution in [0.5, 0.6) is 0 Å². The molecule has 0 aromatic carbocycles. The summed E-state index contributed by atoms with van der Waals surface area (Å²) >= 11 is 0. The van der Waals surface area contributed by atoms with E-state index >= 15 is 0 Å². The molecule has 1 aliphatic carbocycles. The molecule has 0 aromatic heterocycles. The zero-order valence-electron chi connectivity index (χ0n) is 10.1. The average molecular weight is 213 g/mol. The van der Waals surface area contributed by atoms with Crippen LogP contribution in [0.3, 0.4) is 0 Å². The molecule has 1 rings (SSSR count). The number of aliphatic carboxylic acids is 1. The third-order valence-electron chi connectivity index (χ3n) is 3.76. The fourth-order valence-corrected chi connectivity index (χ4v) is 2.48. The van der Waals surface area contributed by atoms with E-state index in [9.17, 15) is 4.79 Å². The van der Waals surface area contributed by atoms with Gasteiger partial charge in [0.2, 0.25) is 0 Å². The number of hydrogen-bond acceptors (Lipinski definition) is 2. The van der Waals surface area contributed by atoms with E-state index in [0.717, 1.165) is 5.92 Å². The van der Waals surface area contributed by atoms with Gasteiger partial charge in [-0.05, 0) is 32.7 Å². The summed E-state index contributed by atoms with van der Waals surface area (Å²) in [4.78, 5) is 13.0. The molecular formula is C12H23NO2. The minimum atomic E-state index is -0.694. The zero-order chi connectivity index (χ0) is 11.4. The molecule has 15 heavy (non-hydrogen) atoms. The summed E-state index contributed by atoms with van der Waals surface area (Å²) in [7, 11) is 2.04. The van der Waals surface area contributed by atoms with E-state index in [2.05, 4.69) is 11.8 Å². The van der Waals surface area contributed by atoms with E-state index in [0.29, 0.717) is 12.6 Å². The third-order valence-corrected chi connectivity index (χ3v) is 3.76. The summed E-state index contributed by atoms with van der Waals surface area (Å²) < 4.78 is 0. The predicted octanol–water partition coefficient (Wildman–Crippen LogP) is 2.22. The van der Waals surface area contributed by atoms with Crippen molar-refractivity contribution < 1.29 is 9.90 Å². The molecule has 2 atom stereocenters. The summed E-state index contributed by atoms with van der Waals surface area (Å²) in [6.45, 7) is 4.66. The van der Waals surface area contributed by atoms with Crippen molar-refractivity contribution in [1.29, 1.82) is 0 Å². The van der Waals surface area contributed by atoms with Gasteiger partial charge in [-0.25, -0.2) is 0 Å². The first-order chi connectivity index (χ1) is 7.02. The minimum absolute atomic E-state index is 0.265. The molecule has 88 valence electrons. The van der Waals surface area contributed by atoms with Crippen molar-refractivity contribution in [3.8, 4) is 0 Å². The lowest BCUT2D eigenvalue weighted by Crippen LogP contribution is -2.38. The highest BCUT2D eigenvalue weighted by Gasteiger charge is 2.26. The maximum absolute atomic E-state index is 10.8. The van der Waals surface area contributed by atoms with Crippen molar-refractivity contribution in [2.24, 2.45) is 11.8 Å². The number of rotatable bonds is 5. The molecule has 1 fully saturated rings. The van der Waals surface area contributed by atoms with Gasteiger partial charge in [0, 0.05) is 12.6 Å². The quantitative estimate of drug-likeness (QED) is 0.761. The van der Waals surface area contributed by atoms with Gasteiger partial charge in [-0.15, -0.1) is 0 Å². The summed E-state index contributed by atoms with van der Waals surface area (Å²) in [6.07, 6.45) is 5.31. The van der Waals surface area contributed by atoms with Crippen LogP contribution in [-0.4, -0.2) is 35.6 Å². The van der Waals surface area contributed by atoms with Gasteiger partial charge >= 0.3 is 5.97 Å². The van der Waals surface area contributed by atoms with Crippen LogP contribution in [0.4, 0.5) is 0 Å². The molecule has 0 spiro atoms.